The van der Waals surface area contributed by atoms with Crippen molar-refractivity contribution >= 4 is 34.8 Å². The first-order chi connectivity index (χ1) is 10.1. The van der Waals surface area contributed by atoms with E-state index >= 15 is 0 Å². The zero-order valence-electron chi connectivity index (χ0n) is 11.3. The molecule has 6 heteroatoms. The lowest BCUT2D eigenvalue weighted by Gasteiger charge is -2.14. The van der Waals surface area contributed by atoms with Gasteiger partial charge in [-0.15, -0.1) is 11.3 Å². The second-order valence-electron chi connectivity index (χ2n) is 4.38. The van der Waals surface area contributed by atoms with E-state index < -0.39 is 5.97 Å². The van der Waals surface area contributed by atoms with Crippen LogP contribution in [0.25, 0.3) is 0 Å². The van der Waals surface area contributed by atoms with Crippen LogP contribution >= 0.6 is 22.9 Å². The van der Waals surface area contributed by atoms with E-state index in [9.17, 15) is 9.59 Å². The van der Waals surface area contributed by atoms with Gasteiger partial charge in [0.05, 0.1) is 10.4 Å². The SMILES string of the molecule is C[C@@H](NC(=O)COC(=O)c1ccc(Cl)s1)c1ccccc1. The smallest absolute Gasteiger partial charge is 0.348 e. The second-order valence-corrected chi connectivity index (χ2v) is 6.09. The number of amides is 1. The minimum absolute atomic E-state index is 0.145. The topological polar surface area (TPSA) is 55.4 Å². The molecule has 0 unspecified atom stereocenters. The summed E-state index contributed by atoms with van der Waals surface area (Å²) in [5, 5.41) is 2.77. The van der Waals surface area contributed by atoms with Crippen molar-refractivity contribution in [2.75, 3.05) is 6.61 Å². The Morgan fingerprint density at radius 2 is 1.95 bits per heavy atom. The molecule has 1 aromatic carbocycles. The molecule has 1 aromatic heterocycles. The summed E-state index contributed by atoms with van der Waals surface area (Å²) in [6, 6.07) is 12.6. The van der Waals surface area contributed by atoms with Gasteiger partial charge in [-0.2, -0.15) is 0 Å². The first kappa shape index (κ1) is 15.5. The fourth-order valence-corrected chi connectivity index (χ4v) is 2.67. The van der Waals surface area contributed by atoms with Gasteiger partial charge in [0.2, 0.25) is 0 Å². The van der Waals surface area contributed by atoms with Crippen molar-refractivity contribution in [1.29, 1.82) is 0 Å². The second kappa shape index (κ2) is 7.24. The van der Waals surface area contributed by atoms with E-state index in [4.69, 9.17) is 16.3 Å². The summed E-state index contributed by atoms with van der Waals surface area (Å²) < 4.78 is 5.44. The third-order valence-corrected chi connectivity index (χ3v) is 4.00. The van der Waals surface area contributed by atoms with E-state index in [1.165, 1.54) is 0 Å². The first-order valence-corrected chi connectivity index (χ1v) is 7.52. The van der Waals surface area contributed by atoms with Crippen LogP contribution in [0.3, 0.4) is 0 Å². The van der Waals surface area contributed by atoms with Crippen LogP contribution < -0.4 is 5.32 Å². The van der Waals surface area contributed by atoms with E-state index in [2.05, 4.69) is 5.32 Å². The summed E-state index contributed by atoms with van der Waals surface area (Å²) in [6.07, 6.45) is 0. The Kier molecular flexibility index (Phi) is 5.36. The quantitative estimate of drug-likeness (QED) is 0.858. The molecule has 0 spiro atoms. The average molecular weight is 324 g/mol. The molecular formula is C15H14ClNO3S. The predicted octanol–water partition coefficient (Wildman–Crippen LogP) is 3.44. The number of halogens is 1. The number of carbonyl (C=O) groups excluding carboxylic acids is 2. The fraction of sp³-hybridized carbons (Fsp3) is 0.200. The summed E-state index contributed by atoms with van der Waals surface area (Å²) >= 11 is 6.85. The molecule has 4 nitrogen and oxygen atoms in total. The number of hydrogen-bond donors (Lipinski definition) is 1. The van der Waals surface area contributed by atoms with E-state index in [1.807, 2.05) is 37.3 Å². The third-order valence-electron chi connectivity index (χ3n) is 2.79. The molecular weight excluding hydrogens is 310 g/mol. The van der Waals surface area contributed by atoms with Crippen molar-refractivity contribution < 1.29 is 14.3 Å². The Morgan fingerprint density at radius 1 is 1.24 bits per heavy atom. The Bertz CT molecular complexity index is 627. The van der Waals surface area contributed by atoms with E-state index in [0.29, 0.717) is 9.21 Å². The first-order valence-electron chi connectivity index (χ1n) is 6.33. The summed E-state index contributed by atoms with van der Waals surface area (Å²) in [5.74, 6) is -0.892. The molecule has 21 heavy (non-hydrogen) atoms. The molecule has 0 fully saturated rings. The molecule has 0 bridgehead atoms. The molecule has 0 saturated carbocycles. The van der Waals surface area contributed by atoms with Crippen LogP contribution in [0.1, 0.15) is 28.2 Å². The average Bonchev–Trinajstić information content (AvgIpc) is 2.92. The van der Waals surface area contributed by atoms with Gasteiger partial charge in [0.25, 0.3) is 5.91 Å². The highest BCUT2D eigenvalue weighted by Crippen LogP contribution is 2.21. The Balaban J connectivity index is 1.81. The highest BCUT2D eigenvalue weighted by atomic mass is 35.5. The summed E-state index contributed by atoms with van der Waals surface area (Å²) in [5.41, 5.74) is 0.988. The van der Waals surface area contributed by atoms with Crippen LogP contribution in [0.15, 0.2) is 42.5 Å². The third kappa shape index (κ3) is 4.58. The summed E-state index contributed by atoms with van der Waals surface area (Å²) in [7, 11) is 0. The lowest BCUT2D eigenvalue weighted by Crippen LogP contribution is -2.31. The minimum atomic E-state index is -0.547. The van der Waals surface area contributed by atoms with Crippen molar-refractivity contribution in [2.24, 2.45) is 0 Å². The molecule has 0 aliphatic heterocycles. The highest BCUT2D eigenvalue weighted by Gasteiger charge is 2.14. The zero-order chi connectivity index (χ0) is 15.2. The standard InChI is InChI=1S/C15H14ClNO3S/c1-10(11-5-3-2-4-6-11)17-14(18)9-20-15(19)12-7-8-13(16)21-12/h2-8,10H,9H2,1H3,(H,17,18)/t10-/m1/s1. The Morgan fingerprint density at radius 3 is 2.57 bits per heavy atom. The number of carbonyl (C=O) groups is 2. The minimum Gasteiger partial charge on any atom is -0.451 e. The van der Waals surface area contributed by atoms with Crippen molar-refractivity contribution in [2.45, 2.75) is 13.0 Å². The lowest BCUT2D eigenvalue weighted by molar-refractivity contribution is -0.124. The summed E-state index contributed by atoms with van der Waals surface area (Å²) in [6.45, 7) is 1.56. The molecule has 2 aromatic rings. The van der Waals surface area contributed by atoms with Gasteiger partial charge >= 0.3 is 5.97 Å². The monoisotopic (exact) mass is 323 g/mol. The van der Waals surface area contributed by atoms with Gasteiger partial charge in [-0.25, -0.2) is 4.79 Å². The number of hydrogen-bond acceptors (Lipinski definition) is 4. The van der Waals surface area contributed by atoms with Crippen molar-refractivity contribution in [3.8, 4) is 0 Å². The number of benzene rings is 1. The molecule has 2 rings (SSSR count). The van der Waals surface area contributed by atoms with Gasteiger partial charge in [0, 0.05) is 0 Å². The number of thiophene rings is 1. The largest absolute Gasteiger partial charge is 0.451 e. The normalized spacial score (nSPS) is 11.7. The van der Waals surface area contributed by atoms with Crippen LogP contribution in [-0.2, 0) is 9.53 Å². The molecule has 0 aliphatic rings. The molecule has 0 saturated heterocycles. The molecule has 0 radical (unpaired) electrons. The van der Waals surface area contributed by atoms with E-state index in [1.54, 1.807) is 12.1 Å². The van der Waals surface area contributed by atoms with Crippen LogP contribution in [0, 0.1) is 0 Å². The fourth-order valence-electron chi connectivity index (χ4n) is 1.73. The van der Waals surface area contributed by atoms with Crippen molar-refractivity contribution in [3.63, 3.8) is 0 Å². The predicted molar refractivity (Wildman–Crippen MR) is 82.6 cm³/mol. The van der Waals surface area contributed by atoms with Crippen LogP contribution in [-0.4, -0.2) is 18.5 Å². The van der Waals surface area contributed by atoms with Gasteiger partial charge < -0.3 is 10.1 Å². The maximum atomic E-state index is 11.8. The number of rotatable bonds is 5. The molecule has 1 N–H and O–H groups in total. The number of ether oxygens (including phenoxy) is 1. The van der Waals surface area contributed by atoms with Crippen LogP contribution in [0.4, 0.5) is 0 Å². The summed E-state index contributed by atoms with van der Waals surface area (Å²) in [4.78, 5) is 23.8. The molecule has 0 aliphatic carbocycles. The van der Waals surface area contributed by atoms with Gasteiger partial charge in [-0.1, -0.05) is 41.9 Å². The molecule has 1 heterocycles. The zero-order valence-corrected chi connectivity index (χ0v) is 12.9. The van der Waals surface area contributed by atoms with E-state index in [0.717, 1.165) is 16.9 Å². The van der Waals surface area contributed by atoms with Crippen molar-refractivity contribution in [1.82, 2.24) is 5.32 Å². The Labute approximate surface area is 131 Å². The maximum Gasteiger partial charge on any atom is 0.348 e. The lowest BCUT2D eigenvalue weighted by atomic mass is 10.1. The number of esters is 1. The van der Waals surface area contributed by atoms with Crippen molar-refractivity contribution in [3.05, 3.63) is 57.2 Å². The van der Waals surface area contributed by atoms with Gasteiger partial charge in [0.1, 0.15) is 4.88 Å². The van der Waals surface area contributed by atoms with Gasteiger partial charge in [-0.3, -0.25) is 4.79 Å². The van der Waals surface area contributed by atoms with Crippen LogP contribution in [0.5, 0.6) is 0 Å². The van der Waals surface area contributed by atoms with E-state index in [-0.39, 0.29) is 18.6 Å². The van der Waals surface area contributed by atoms with Crippen LogP contribution in [0.2, 0.25) is 4.34 Å². The highest BCUT2D eigenvalue weighted by molar-refractivity contribution is 7.17. The van der Waals surface area contributed by atoms with Gasteiger partial charge in [0.15, 0.2) is 6.61 Å². The maximum absolute atomic E-state index is 11.8. The molecule has 1 atom stereocenters. The molecule has 1 amide bonds. The Hall–Kier alpha value is -1.85. The number of nitrogens with one attached hydrogen (secondary N) is 1. The van der Waals surface area contributed by atoms with Gasteiger partial charge in [-0.05, 0) is 24.6 Å². The molecule has 110 valence electrons.